The predicted molar refractivity (Wildman–Crippen MR) is 129 cm³/mol. The lowest BCUT2D eigenvalue weighted by atomic mass is 9.96. The van der Waals surface area contributed by atoms with Crippen molar-refractivity contribution in [3.05, 3.63) is 72.0 Å². The predicted octanol–water partition coefficient (Wildman–Crippen LogP) is 4.32. The molecule has 1 amide bonds. The molecule has 0 aliphatic carbocycles. The van der Waals surface area contributed by atoms with Gasteiger partial charge in [0.25, 0.3) is 5.91 Å². The number of halogens is 1. The maximum absolute atomic E-state index is 14.3. The van der Waals surface area contributed by atoms with E-state index in [2.05, 4.69) is 35.6 Å². The second-order valence-corrected chi connectivity index (χ2v) is 8.36. The van der Waals surface area contributed by atoms with Gasteiger partial charge in [-0.2, -0.15) is 0 Å². The number of fused-ring (bicyclic) bond motifs is 1. The Morgan fingerprint density at radius 2 is 1.79 bits per heavy atom. The standard InChI is InChI=1S/C25H26FN7O/c1-14(2)24-30-10-16(11-31-24)20-8-21(33-13-32-20)28-9-15(3)17-6-5-7-18-22(25(34)27-4)19(26)12-29-23(17)18/h5-8,10-15H,9H2,1-4H3,(H,27,34)(H,28,32,33)/t15-/m1/s1. The molecule has 0 fully saturated rings. The summed E-state index contributed by atoms with van der Waals surface area (Å²) in [5.74, 6) is 0.584. The summed E-state index contributed by atoms with van der Waals surface area (Å²) in [5, 5.41) is 6.31. The molecular formula is C25H26FN7O. The number of hydrogen-bond acceptors (Lipinski definition) is 7. The fourth-order valence-electron chi connectivity index (χ4n) is 3.72. The van der Waals surface area contributed by atoms with Crippen molar-refractivity contribution in [1.29, 1.82) is 0 Å². The van der Waals surface area contributed by atoms with E-state index in [1.165, 1.54) is 13.4 Å². The molecule has 0 spiro atoms. The highest BCUT2D eigenvalue weighted by molar-refractivity contribution is 6.06. The first-order chi connectivity index (χ1) is 16.4. The van der Waals surface area contributed by atoms with Crippen LogP contribution in [0.1, 0.15) is 54.4 Å². The zero-order chi connectivity index (χ0) is 24.2. The largest absolute Gasteiger partial charge is 0.369 e. The number of rotatable bonds is 7. The van der Waals surface area contributed by atoms with Crippen LogP contribution >= 0.6 is 0 Å². The summed E-state index contributed by atoms with van der Waals surface area (Å²) in [6.07, 6.45) is 6.13. The summed E-state index contributed by atoms with van der Waals surface area (Å²) < 4.78 is 14.3. The van der Waals surface area contributed by atoms with Crippen molar-refractivity contribution in [2.75, 3.05) is 18.9 Å². The normalized spacial score (nSPS) is 12.1. The van der Waals surface area contributed by atoms with Crippen molar-refractivity contribution in [2.24, 2.45) is 0 Å². The lowest BCUT2D eigenvalue weighted by Crippen LogP contribution is -2.20. The van der Waals surface area contributed by atoms with Crippen molar-refractivity contribution in [1.82, 2.24) is 30.2 Å². The van der Waals surface area contributed by atoms with Crippen LogP contribution in [0.5, 0.6) is 0 Å². The second-order valence-electron chi connectivity index (χ2n) is 8.36. The van der Waals surface area contributed by atoms with Gasteiger partial charge in [-0.05, 0) is 5.56 Å². The summed E-state index contributed by atoms with van der Waals surface area (Å²) in [6, 6.07) is 7.31. The average Bonchev–Trinajstić information content (AvgIpc) is 2.86. The third-order valence-electron chi connectivity index (χ3n) is 5.61. The SMILES string of the molecule is CNC(=O)c1c(F)cnc2c([C@H](C)CNc3cc(-c4cnc(C(C)C)nc4)ncn3)cccc12. The van der Waals surface area contributed by atoms with Crippen molar-refractivity contribution in [3.63, 3.8) is 0 Å². The molecule has 1 aromatic carbocycles. The van der Waals surface area contributed by atoms with Crippen LogP contribution in [0.2, 0.25) is 0 Å². The number of hydrogen-bond donors (Lipinski definition) is 2. The first-order valence-electron chi connectivity index (χ1n) is 11.1. The Kier molecular flexibility index (Phi) is 6.72. The van der Waals surface area contributed by atoms with Crippen molar-refractivity contribution >= 4 is 22.6 Å². The third-order valence-corrected chi connectivity index (χ3v) is 5.61. The van der Waals surface area contributed by atoms with E-state index >= 15 is 0 Å². The fraction of sp³-hybridized carbons (Fsp3) is 0.280. The minimum Gasteiger partial charge on any atom is -0.369 e. The number of nitrogens with zero attached hydrogens (tertiary/aromatic N) is 5. The zero-order valence-corrected chi connectivity index (χ0v) is 19.5. The number of benzene rings is 1. The second kappa shape index (κ2) is 9.86. The van der Waals surface area contributed by atoms with E-state index in [4.69, 9.17) is 0 Å². The van der Waals surface area contributed by atoms with E-state index in [1.54, 1.807) is 18.5 Å². The minimum atomic E-state index is -0.645. The van der Waals surface area contributed by atoms with Gasteiger partial charge in [-0.1, -0.05) is 39.0 Å². The van der Waals surface area contributed by atoms with Gasteiger partial charge in [-0.15, -0.1) is 0 Å². The molecule has 0 radical (unpaired) electrons. The number of carbonyl (C=O) groups excluding carboxylic acids is 1. The Morgan fingerprint density at radius 1 is 1.03 bits per heavy atom. The van der Waals surface area contributed by atoms with Gasteiger partial charge in [0.05, 0.1) is 23.0 Å². The van der Waals surface area contributed by atoms with Crippen LogP contribution in [-0.2, 0) is 0 Å². The first-order valence-corrected chi connectivity index (χ1v) is 11.1. The van der Waals surface area contributed by atoms with Crippen LogP contribution in [0.4, 0.5) is 10.2 Å². The van der Waals surface area contributed by atoms with Crippen LogP contribution in [-0.4, -0.2) is 44.4 Å². The number of para-hydroxylation sites is 1. The monoisotopic (exact) mass is 459 g/mol. The summed E-state index contributed by atoms with van der Waals surface area (Å²) in [7, 11) is 1.48. The van der Waals surface area contributed by atoms with Gasteiger partial charge in [0.1, 0.15) is 18.0 Å². The first kappa shape index (κ1) is 23.2. The zero-order valence-electron chi connectivity index (χ0n) is 19.5. The maximum Gasteiger partial charge on any atom is 0.254 e. The van der Waals surface area contributed by atoms with Crippen LogP contribution in [0.15, 0.2) is 49.2 Å². The van der Waals surface area contributed by atoms with Crippen molar-refractivity contribution in [3.8, 4) is 11.3 Å². The molecule has 0 bridgehead atoms. The Morgan fingerprint density at radius 3 is 2.50 bits per heavy atom. The summed E-state index contributed by atoms with van der Waals surface area (Å²) >= 11 is 0. The van der Waals surface area contributed by atoms with Crippen LogP contribution in [0.25, 0.3) is 22.2 Å². The molecule has 0 saturated carbocycles. The van der Waals surface area contributed by atoms with Gasteiger partial charge in [0.2, 0.25) is 0 Å². The van der Waals surface area contributed by atoms with Gasteiger partial charge in [-0.25, -0.2) is 24.3 Å². The van der Waals surface area contributed by atoms with Gasteiger partial charge < -0.3 is 10.6 Å². The molecule has 4 rings (SSSR count). The summed E-state index contributed by atoms with van der Waals surface area (Å²) in [4.78, 5) is 34.0. The van der Waals surface area contributed by atoms with Crippen LogP contribution in [0, 0.1) is 5.82 Å². The Balaban J connectivity index is 1.55. The Labute approximate surface area is 197 Å². The van der Waals surface area contributed by atoms with Gasteiger partial charge >= 0.3 is 0 Å². The lowest BCUT2D eigenvalue weighted by molar-refractivity contribution is 0.0960. The minimum absolute atomic E-state index is 0.000607. The topological polar surface area (TPSA) is 106 Å². The molecule has 0 aliphatic rings. The molecule has 2 N–H and O–H groups in total. The molecule has 1 atom stereocenters. The number of nitrogens with one attached hydrogen (secondary N) is 2. The fourth-order valence-corrected chi connectivity index (χ4v) is 3.72. The van der Waals surface area contributed by atoms with E-state index in [1.807, 2.05) is 39.0 Å². The molecule has 174 valence electrons. The van der Waals surface area contributed by atoms with Gasteiger partial charge in [-0.3, -0.25) is 9.78 Å². The van der Waals surface area contributed by atoms with Crippen LogP contribution in [0.3, 0.4) is 0 Å². The van der Waals surface area contributed by atoms with E-state index in [9.17, 15) is 9.18 Å². The average molecular weight is 460 g/mol. The summed E-state index contributed by atoms with van der Waals surface area (Å²) in [5.41, 5.74) is 3.04. The molecule has 34 heavy (non-hydrogen) atoms. The van der Waals surface area contributed by atoms with Crippen molar-refractivity contribution < 1.29 is 9.18 Å². The molecule has 9 heteroatoms. The maximum atomic E-state index is 14.3. The molecule has 3 aromatic heterocycles. The molecule has 0 saturated heterocycles. The summed E-state index contributed by atoms with van der Waals surface area (Å²) in [6.45, 7) is 6.67. The number of amides is 1. The third kappa shape index (κ3) is 4.68. The number of aromatic nitrogens is 5. The van der Waals surface area contributed by atoms with E-state index in [0.717, 1.165) is 28.8 Å². The van der Waals surface area contributed by atoms with Crippen molar-refractivity contribution in [2.45, 2.75) is 32.6 Å². The Hall–Kier alpha value is -4.01. The van der Waals surface area contributed by atoms with E-state index in [0.29, 0.717) is 23.3 Å². The quantitative estimate of drug-likeness (QED) is 0.424. The molecule has 3 heterocycles. The molecule has 0 unspecified atom stereocenters. The van der Waals surface area contributed by atoms with Gasteiger partial charge in [0.15, 0.2) is 5.82 Å². The van der Waals surface area contributed by atoms with E-state index < -0.39 is 11.7 Å². The van der Waals surface area contributed by atoms with E-state index in [-0.39, 0.29) is 17.4 Å². The highest BCUT2D eigenvalue weighted by atomic mass is 19.1. The number of pyridine rings is 1. The Bertz CT molecular complexity index is 1320. The smallest absolute Gasteiger partial charge is 0.254 e. The van der Waals surface area contributed by atoms with Crippen LogP contribution < -0.4 is 10.6 Å². The lowest BCUT2D eigenvalue weighted by Gasteiger charge is -2.17. The van der Waals surface area contributed by atoms with Gasteiger partial charge in [0, 0.05) is 54.8 Å². The highest BCUT2D eigenvalue weighted by Crippen LogP contribution is 2.28. The molecule has 8 nitrogen and oxygen atoms in total. The number of carbonyl (C=O) groups is 1. The highest BCUT2D eigenvalue weighted by Gasteiger charge is 2.19. The molecule has 4 aromatic rings. The molecule has 0 aliphatic heterocycles. The number of anilines is 1. The molecular weight excluding hydrogens is 433 g/mol.